The number of anilines is 1. The Morgan fingerprint density at radius 1 is 1.14 bits per heavy atom. The smallest absolute Gasteiger partial charge is 0.268 e. The van der Waals surface area contributed by atoms with Gasteiger partial charge in [-0.05, 0) is 75.8 Å². The van der Waals surface area contributed by atoms with E-state index in [0.29, 0.717) is 11.8 Å². The predicted molar refractivity (Wildman–Crippen MR) is 108 cm³/mol. The van der Waals surface area contributed by atoms with E-state index in [1.54, 1.807) is 7.11 Å². The number of ether oxygens (including phenoxy) is 2. The fourth-order valence-electron chi connectivity index (χ4n) is 6.55. The summed E-state index contributed by atoms with van der Waals surface area (Å²) in [6.07, 6.45) is 5.63. The van der Waals surface area contributed by atoms with Gasteiger partial charge in [0.25, 0.3) is 5.91 Å². The van der Waals surface area contributed by atoms with Crippen molar-refractivity contribution < 1.29 is 14.3 Å². The standard InChI is InChI=1S/C22H29ClN2O3/c1-21(2)20(26)24(25(21)17-6-4-5-7-18(17)28-13-27-3)19-15-8-14-9-16(19)12-22(23,10-14)11-15/h4-7,14-16,19H,8-13H2,1-3H3. The molecule has 1 amide bonds. The lowest BCUT2D eigenvalue weighted by molar-refractivity contribution is -0.169. The molecule has 4 aliphatic carbocycles. The average molecular weight is 405 g/mol. The number of carbonyl (C=O) groups is 1. The largest absolute Gasteiger partial charge is 0.465 e. The minimum absolute atomic E-state index is 0.0270. The third-order valence-corrected chi connectivity index (χ3v) is 7.80. The molecule has 0 N–H and O–H groups in total. The second kappa shape index (κ2) is 6.27. The van der Waals surface area contributed by atoms with E-state index in [1.807, 2.05) is 43.1 Å². The van der Waals surface area contributed by atoms with E-state index in [1.165, 1.54) is 12.8 Å². The normalized spacial score (nSPS) is 37.9. The molecule has 5 fully saturated rings. The average Bonchev–Trinajstić information content (AvgIpc) is 2.64. The maximum Gasteiger partial charge on any atom is 0.268 e. The number of hydrogen-bond acceptors (Lipinski definition) is 4. The van der Waals surface area contributed by atoms with E-state index >= 15 is 0 Å². The number of rotatable bonds is 5. The molecule has 0 aromatic heterocycles. The second-order valence-electron chi connectivity index (χ2n) is 9.65. The molecule has 0 radical (unpaired) electrons. The van der Waals surface area contributed by atoms with Gasteiger partial charge in [0.2, 0.25) is 0 Å². The molecule has 28 heavy (non-hydrogen) atoms. The second-order valence-corrected chi connectivity index (χ2v) is 10.5. The third kappa shape index (κ3) is 2.58. The Morgan fingerprint density at radius 2 is 1.82 bits per heavy atom. The van der Waals surface area contributed by atoms with Crippen molar-refractivity contribution in [3.05, 3.63) is 24.3 Å². The molecule has 5 nitrogen and oxygen atoms in total. The number of carbonyl (C=O) groups excluding carboxylic acids is 1. The Bertz CT molecular complexity index is 782. The van der Waals surface area contributed by atoms with Crippen molar-refractivity contribution in [1.29, 1.82) is 0 Å². The summed E-state index contributed by atoms with van der Waals surface area (Å²) in [5.41, 5.74) is 0.346. The summed E-state index contributed by atoms with van der Waals surface area (Å²) in [4.78, 5) is 13.3. The highest BCUT2D eigenvalue weighted by atomic mass is 35.5. The fourth-order valence-corrected chi connectivity index (χ4v) is 7.16. The van der Waals surface area contributed by atoms with Crippen molar-refractivity contribution in [2.75, 3.05) is 18.9 Å². The molecule has 6 rings (SSSR count). The molecule has 1 aromatic carbocycles. The first-order chi connectivity index (χ1) is 13.3. The summed E-state index contributed by atoms with van der Waals surface area (Å²) in [5, 5.41) is 4.20. The van der Waals surface area contributed by atoms with Gasteiger partial charge < -0.3 is 9.47 Å². The number of hydrogen-bond donors (Lipinski definition) is 0. The first-order valence-corrected chi connectivity index (χ1v) is 10.8. The minimum Gasteiger partial charge on any atom is -0.465 e. The van der Waals surface area contributed by atoms with Gasteiger partial charge in [-0.2, -0.15) is 0 Å². The van der Waals surface area contributed by atoms with Gasteiger partial charge in [-0.15, -0.1) is 11.6 Å². The first-order valence-electron chi connectivity index (χ1n) is 10.4. The van der Waals surface area contributed by atoms with Crippen LogP contribution in [0.15, 0.2) is 24.3 Å². The molecule has 1 heterocycles. The lowest BCUT2D eigenvalue weighted by Crippen LogP contribution is -2.80. The Kier molecular flexibility index (Phi) is 4.15. The molecule has 2 unspecified atom stereocenters. The minimum atomic E-state index is -0.583. The molecule has 1 saturated heterocycles. The topological polar surface area (TPSA) is 42.0 Å². The molecule has 6 heteroatoms. The van der Waals surface area contributed by atoms with E-state index in [9.17, 15) is 4.79 Å². The number of hydrazine groups is 1. The van der Waals surface area contributed by atoms with E-state index in [-0.39, 0.29) is 23.6 Å². The molecule has 1 aromatic rings. The molecule has 5 aliphatic rings. The Morgan fingerprint density at radius 3 is 2.46 bits per heavy atom. The molecule has 152 valence electrons. The number of nitrogens with zero attached hydrogens (tertiary/aromatic N) is 2. The highest BCUT2D eigenvalue weighted by molar-refractivity contribution is 6.24. The summed E-state index contributed by atoms with van der Waals surface area (Å²) in [6, 6.07) is 8.17. The number of amides is 1. The van der Waals surface area contributed by atoms with Gasteiger partial charge in [0.05, 0.1) is 6.04 Å². The number of para-hydroxylation sites is 2. The Hall–Kier alpha value is -1.46. The summed E-state index contributed by atoms with van der Waals surface area (Å²) < 4.78 is 10.9. The van der Waals surface area contributed by atoms with Crippen LogP contribution in [0.25, 0.3) is 0 Å². The van der Waals surface area contributed by atoms with Crippen molar-refractivity contribution in [1.82, 2.24) is 5.01 Å². The lowest BCUT2D eigenvalue weighted by atomic mass is 9.53. The number of methoxy groups -OCH3 is 1. The van der Waals surface area contributed by atoms with Gasteiger partial charge in [0, 0.05) is 12.0 Å². The van der Waals surface area contributed by atoms with Crippen molar-refractivity contribution >= 4 is 23.2 Å². The van der Waals surface area contributed by atoms with Crippen molar-refractivity contribution in [2.45, 2.75) is 62.4 Å². The Labute approximate surface area is 171 Å². The van der Waals surface area contributed by atoms with Crippen LogP contribution in [0.1, 0.15) is 46.0 Å². The van der Waals surface area contributed by atoms with E-state index < -0.39 is 5.54 Å². The van der Waals surface area contributed by atoms with Gasteiger partial charge in [-0.25, -0.2) is 5.01 Å². The van der Waals surface area contributed by atoms with E-state index in [0.717, 1.165) is 36.6 Å². The summed E-state index contributed by atoms with van der Waals surface area (Å²) >= 11 is 6.94. The van der Waals surface area contributed by atoms with Crippen LogP contribution in [0, 0.1) is 17.8 Å². The molecule has 4 saturated carbocycles. The van der Waals surface area contributed by atoms with Crippen LogP contribution in [0.5, 0.6) is 5.75 Å². The summed E-state index contributed by atoms with van der Waals surface area (Å²) in [6.45, 7) is 4.18. The zero-order valence-corrected chi connectivity index (χ0v) is 17.6. The molecular weight excluding hydrogens is 376 g/mol. The van der Waals surface area contributed by atoms with Crippen LogP contribution >= 0.6 is 11.6 Å². The van der Waals surface area contributed by atoms with Crippen molar-refractivity contribution in [3.63, 3.8) is 0 Å². The summed E-state index contributed by atoms with van der Waals surface area (Å²) in [7, 11) is 1.61. The lowest BCUT2D eigenvalue weighted by Gasteiger charge is -2.67. The van der Waals surface area contributed by atoms with E-state index in [2.05, 4.69) is 5.01 Å². The number of benzene rings is 1. The van der Waals surface area contributed by atoms with Crippen LogP contribution in [-0.2, 0) is 9.53 Å². The number of alkyl halides is 1. The zero-order valence-electron chi connectivity index (χ0n) is 16.9. The highest BCUT2D eigenvalue weighted by Crippen LogP contribution is 2.61. The quantitative estimate of drug-likeness (QED) is 0.545. The fraction of sp³-hybridized carbons (Fsp3) is 0.682. The third-order valence-electron chi connectivity index (χ3n) is 7.33. The Balaban J connectivity index is 1.50. The van der Waals surface area contributed by atoms with Crippen LogP contribution in [0.4, 0.5) is 5.69 Å². The van der Waals surface area contributed by atoms with Crippen molar-refractivity contribution in [3.8, 4) is 5.75 Å². The van der Waals surface area contributed by atoms with Crippen LogP contribution in [0.3, 0.4) is 0 Å². The van der Waals surface area contributed by atoms with Gasteiger partial charge in [-0.3, -0.25) is 9.80 Å². The van der Waals surface area contributed by atoms with Gasteiger partial charge in [0.15, 0.2) is 6.79 Å². The van der Waals surface area contributed by atoms with Gasteiger partial charge in [0.1, 0.15) is 17.0 Å². The maximum atomic E-state index is 13.3. The molecule has 1 aliphatic heterocycles. The van der Waals surface area contributed by atoms with Crippen LogP contribution in [0.2, 0.25) is 0 Å². The SMILES string of the molecule is COCOc1ccccc1N1N(C2C3CC4CC2CC(Cl)(C4)C3)C(=O)C1(C)C. The molecule has 0 spiro atoms. The molecular formula is C22H29ClN2O3. The summed E-state index contributed by atoms with van der Waals surface area (Å²) in [5.74, 6) is 2.68. The maximum absolute atomic E-state index is 13.3. The zero-order chi connectivity index (χ0) is 19.7. The predicted octanol–water partition coefficient (Wildman–Crippen LogP) is 4.20. The first kappa shape index (κ1) is 18.6. The van der Waals surface area contributed by atoms with Crippen molar-refractivity contribution in [2.24, 2.45) is 17.8 Å². The highest BCUT2D eigenvalue weighted by Gasteiger charge is 2.63. The van der Waals surface area contributed by atoms with Gasteiger partial charge >= 0.3 is 0 Å². The molecule has 4 bridgehead atoms. The van der Waals surface area contributed by atoms with E-state index in [4.69, 9.17) is 21.1 Å². The monoisotopic (exact) mass is 404 g/mol. The number of halogens is 1. The van der Waals surface area contributed by atoms with Gasteiger partial charge in [-0.1, -0.05) is 12.1 Å². The molecule has 2 atom stereocenters. The van der Waals surface area contributed by atoms with Crippen LogP contribution < -0.4 is 9.75 Å². The van der Waals surface area contributed by atoms with Crippen LogP contribution in [-0.4, -0.2) is 41.3 Å².